The summed E-state index contributed by atoms with van der Waals surface area (Å²) in [5.41, 5.74) is 1.37. The predicted molar refractivity (Wildman–Crippen MR) is 85.1 cm³/mol. The number of aryl methyl sites for hydroxylation is 1. The van der Waals surface area contributed by atoms with Gasteiger partial charge in [0, 0.05) is 16.2 Å². The van der Waals surface area contributed by atoms with Gasteiger partial charge < -0.3 is 4.74 Å². The van der Waals surface area contributed by atoms with Crippen LogP contribution in [0.15, 0.2) is 34.9 Å². The van der Waals surface area contributed by atoms with Crippen molar-refractivity contribution in [3.8, 4) is 11.4 Å². The van der Waals surface area contributed by atoms with Crippen LogP contribution in [0, 0.1) is 6.92 Å². The van der Waals surface area contributed by atoms with Crippen molar-refractivity contribution in [2.24, 2.45) is 0 Å². The molecule has 110 valence electrons. The molecule has 0 bridgehead atoms. The van der Waals surface area contributed by atoms with Gasteiger partial charge in [-0.3, -0.25) is 0 Å². The third kappa shape index (κ3) is 4.11. The second kappa shape index (κ2) is 5.93. The maximum Gasteiger partial charge on any atom is 0.342 e. The van der Waals surface area contributed by atoms with E-state index in [1.807, 2.05) is 45.0 Å². The van der Waals surface area contributed by atoms with E-state index in [0.717, 1.165) is 10.0 Å². The second-order valence-electron chi connectivity index (χ2n) is 5.70. The average molecular weight is 349 g/mol. The lowest BCUT2D eigenvalue weighted by Gasteiger charge is -2.19. The summed E-state index contributed by atoms with van der Waals surface area (Å²) in [6.45, 7) is 7.27. The van der Waals surface area contributed by atoms with Crippen LogP contribution in [0.4, 0.5) is 0 Å². The summed E-state index contributed by atoms with van der Waals surface area (Å²) in [5, 5.41) is 0. The SMILES string of the molecule is Cc1nc(-c2ccc(Br)cc2)ncc1C(=O)OC(C)(C)C. The molecular weight excluding hydrogens is 332 g/mol. The van der Waals surface area contributed by atoms with E-state index in [0.29, 0.717) is 17.1 Å². The number of rotatable bonds is 2. The van der Waals surface area contributed by atoms with Crippen LogP contribution in [0.2, 0.25) is 0 Å². The Hall–Kier alpha value is -1.75. The summed E-state index contributed by atoms with van der Waals surface area (Å²) < 4.78 is 6.33. The molecule has 0 aliphatic carbocycles. The van der Waals surface area contributed by atoms with Crippen LogP contribution < -0.4 is 0 Å². The van der Waals surface area contributed by atoms with E-state index in [-0.39, 0.29) is 0 Å². The lowest BCUT2D eigenvalue weighted by atomic mass is 10.1. The Morgan fingerprint density at radius 2 is 1.81 bits per heavy atom. The van der Waals surface area contributed by atoms with Gasteiger partial charge in [0.25, 0.3) is 0 Å². The Bertz CT molecular complexity index is 661. The number of esters is 1. The van der Waals surface area contributed by atoms with Gasteiger partial charge in [-0.25, -0.2) is 14.8 Å². The zero-order chi connectivity index (χ0) is 15.6. The molecule has 1 aromatic heterocycles. The van der Waals surface area contributed by atoms with Crippen molar-refractivity contribution in [2.45, 2.75) is 33.3 Å². The normalized spacial score (nSPS) is 11.3. The van der Waals surface area contributed by atoms with Crippen LogP contribution in [0.5, 0.6) is 0 Å². The molecule has 0 aliphatic rings. The molecular formula is C16H17BrN2O2. The Morgan fingerprint density at radius 1 is 1.19 bits per heavy atom. The molecule has 4 nitrogen and oxygen atoms in total. The molecule has 0 unspecified atom stereocenters. The lowest BCUT2D eigenvalue weighted by Crippen LogP contribution is -2.24. The number of hydrogen-bond donors (Lipinski definition) is 0. The third-order valence-corrected chi connectivity index (χ3v) is 3.23. The summed E-state index contributed by atoms with van der Waals surface area (Å²) in [6, 6.07) is 7.70. The summed E-state index contributed by atoms with van der Waals surface area (Å²) in [5.74, 6) is 0.190. The molecule has 0 saturated heterocycles. The van der Waals surface area contributed by atoms with Gasteiger partial charge in [-0.15, -0.1) is 0 Å². The fourth-order valence-electron chi connectivity index (χ4n) is 1.74. The number of halogens is 1. The minimum Gasteiger partial charge on any atom is -0.456 e. The number of benzene rings is 1. The van der Waals surface area contributed by atoms with Crippen LogP contribution in [0.25, 0.3) is 11.4 Å². The molecule has 0 fully saturated rings. The Morgan fingerprint density at radius 3 is 2.33 bits per heavy atom. The zero-order valence-corrected chi connectivity index (χ0v) is 14.1. The predicted octanol–water partition coefficient (Wildman–Crippen LogP) is 4.17. The number of carbonyl (C=O) groups excluding carboxylic acids is 1. The van der Waals surface area contributed by atoms with Gasteiger partial charge in [0.1, 0.15) is 5.60 Å². The number of ether oxygens (including phenoxy) is 1. The van der Waals surface area contributed by atoms with E-state index >= 15 is 0 Å². The third-order valence-electron chi connectivity index (χ3n) is 2.70. The maximum atomic E-state index is 12.1. The van der Waals surface area contributed by atoms with E-state index in [4.69, 9.17) is 4.74 Å². The highest BCUT2D eigenvalue weighted by atomic mass is 79.9. The fraction of sp³-hybridized carbons (Fsp3) is 0.312. The summed E-state index contributed by atoms with van der Waals surface area (Å²) in [7, 11) is 0. The van der Waals surface area contributed by atoms with Crippen molar-refractivity contribution >= 4 is 21.9 Å². The van der Waals surface area contributed by atoms with Gasteiger partial charge in [-0.05, 0) is 39.8 Å². The monoisotopic (exact) mass is 348 g/mol. The molecule has 1 aromatic carbocycles. The molecule has 0 atom stereocenters. The fourth-order valence-corrected chi connectivity index (χ4v) is 2.00. The van der Waals surface area contributed by atoms with Gasteiger partial charge in [-0.1, -0.05) is 28.1 Å². The molecule has 1 heterocycles. The Balaban J connectivity index is 2.29. The Labute approximate surface area is 132 Å². The van der Waals surface area contributed by atoms with E-state index < -0.39 is 11.6 Å². The largest absolute Gasteiger partial charge is 0.456 e. The highest BCUT2D eigenvalue weighted by molar-refractivity contribution is 9.10. The molecule has 0 saturated carbocycles. The molecule has 0 N–H and O–H groups in total. The van der Waals surface area contributed by atoms with Crippen molar-refractivity contribution in [1.82, 2.24) is 9.97 Å². The molecule has 0 radical (unpaired) electrons. The van der Waals surface area contributed by atoms with Crippen molar-refractivity contribution in [3.05, 3.63) is 46.2 Å². The second-order valence-corrected chi connectivity index (χ2v) is 6.62. The molecule has 2 rings (SSSR count). The summed E-state index contributed by atoms with van der Waals surface area (Å²) in [4.78, 5) is 20.7. The van der Waals surface area contributed by atoms with Crippen LogP contribution >= 0.6 is 15.9 Å². The van der Waals surface area contributed by atoms with Crippen LogP contribution in [0.1, 0.15) is 36.8 Å². The Kier molecular flexibility index (Phi) is 4.42. The first-order valence-electron chi connectivity index (χ1n) is 6.59. The maximum absolute atomic E-state index is 12.1. The first kappa shape index (κ1) is 15.6. The number of hydrogen-bond acceptors (Lipinski definition) is 4. The van der Waals surface area contributed by atoms with Gasteiger partial charge in [0.15, 0.2) is 5.82 Å². The molecule has 0 aliphatic heterocycles. The molecule has 21 heavy (non-hydrogen) atoms. The first-order valence-corrected chi connectivity index (χ1v) is 7.38. The molecule has 2 aromatic rings. The van der Waals surface area contributed by atoms with E-state index in [9.17, 15) is 4.79 Å². The number of aromatic nitrogens is 2. The highest BCUT2D eigenvalue weighted by Crippen LogP contribution is 2.20. The van der Waals surface area contributed by atoms with Gasteiger partial charge in [0.05, 0.1) is 11.3 Å². The minimum atomic E-state index is -0.534. The van der Waals surface area contributed by atoms with E-state index in [2.05, 4.69) is 25.9 Å². The van der Waals surface area contributed by atoms with Crippen molar-refractivity contribution < 1.29 is 9.53 Å². The molecule has 0 spiro atoms. The highest BCUT2D eigenvalue weighted by Gasteiger charge is 2.20. The lowest BCUT2D eigenvalue weighted by molar-refractivity contribution is 0.00678. The first-order chi connectivity index (χ1) is 9.76. The summed E-state index contributed by atoms with van der Waals surface area (Å²) in [6.07, 6.45) is 1.52. The standard InChI is InChI=1S/C16H17BrN2O2/c1-10-13(15(20)21-16(2,3)4)9-18-14(19-10)11-5-7-12(17)8-6-11/h5-9H,1-4H3. The smallest absolute Gasteiger partial charge is 0.342 e. The minimum absolute atomic E-state index is 0.394. The van der Waals surface area contributed by atoms with Crippen molar-refractivity contribution in [2.75, 3.05) is 0 Å². The number of carbonyl (C=O) groups is 1. The van der Waals surface area contributed by atoms with Crippen LogP contribution in [-0.4, -0.2) is 21.5 Å². The topological polar surface area (TPSA) is 52.1 Å². The van der Waals surface area contributed by atoms with Gasteiger partial charge >= 0.3 is 5.97 Å². The van der Waals surface area contributed by atoms with Gasteiger partial charge in [0.2, 0.25) is 0 Å². The van der Waals surface area contributed by atoms with Crippen LogP contribution in [0.3, 0.4) is 0 Å². The van der Waals surface area contributed by atoms with Crippen molar-refractivity contribution in [3.63, 3.8) is 0 Å². The molecule has 5 heteroatoms. The average Bonchev–Trinajstić information content (AvgIpc) is 2.37. The quantitative estimate of drug-likeness (QED) is 0.764. The van der Waals surface area contributed by atoms with E-state index in [1.165, 1.54) is 6.20 Å². The number of nitrogens with zero attached hydrogens (tertiary/aromatic N) is 2. The van der Waals surface area contributed by atoms with E-state index in [1.54, 1.807) is 6.92 Å². The van der Waals surface area contributed by atoms with Crippen molar-refractivity contribution in [1.29, 1.82) is 0 Å². The molecule has 0 amide bonds. The van der Waals surface area contributed by atoms with Crippen LogP contribution in [-0.2, 0) is 4.74 Å². The van der Waals surface area contributed by atoms with Gasteiger partial charge in [-0.2, -0.15) is 0 Å². The zero-order valence-electron chi connectivity index (χ0n) is 12.5. The summed E-state index contributed by atoms with van der Waals surface area (Å²) >= 11 is 3.39.